The highest BCUT2D eigenvalue weighted by atomic mass is 79.9. The van der Waals surface area contributed by atoms with Crippen LogP contribution in [0, 0.1) is 0 Å². The van der Waals surface area contributed by atoms with Gasteiger partial charge in [0, 0.05) is 4.47 Å². The van der Waals surface area contributed by atoms with Crippen LogP contribution in [0.5, 0.6) is 11.5 Å². The summed E-state index contributed by atoms with van der Waals surface area (Å²) in [5.41, 5.74) is 4.81. The van der Waals surface area contributed by atoms with Gasteiger partial charge in [-0.2, -0.15) is 5.10 Å². The second kappa shape index (κ2) is 9.71. The lowest BCUT2D eigenvalue weighted by Gasteiger charge is -2.11. The Bertz CT molecular complexity index is 957. The van der Waals surface area contributed by atoms with Crippen LogP contribution in [-0.2, 0) is 6.61 Å². The number of carbonyl (C=O) groups excluding carboxylic acids is 1. The summed E-state index contributed by atoms with van der Waals surface area (Å²) in [6.07, 6.45) is 1.57. The van der Waals surface area contributed by atoms with Gasteiger partial charge in [-0.25, -0.2) is 5.43 Å². The predicted molar refractivity (Wildman–Crippen MR) is 113 cm³/mol. The van der Waals surface area contributed by atoms with Crippen LogP contribution in [0.1, 0.15) is 21.5 Å². The summed E-state index contributed by atoms with van der Waals surface area (Å²) < 4.78 is 11.7. The van der Waals surface area contributed by atoms with Crippen molar-refractivity contribution in [3.8, 4) is 11.5 Å². The number of amides is 1. The van der Waals surface area contributed by atoms with Gasteiger partial charge in [-0.15, -0.1) is 0 Å². The molecule has 0 atom stereocenters. The lowest BCUT2D eigenvalue weighted by Crippen LogP contribution is -2.18. The number of hydrogen-bond donors (Lipinski definition) is 1. The second-order valence-corrected chi connectivity index (χ2v) is 6.80. The summed E-state index contributed by atoms with van der Waals surface area (Å²) in [5, 5.41) is 4.03. The molecular weight excluding hydrogens is 420 g/mol. The topological polar surface area (TPSA) is 59.9 Å². The van der Waals surface area contributed by atoms with Crippen molar-refractivity contribution in [3.63, 3.8) is 0 Å². The first-order valence-corrected chi connectivity index (χ1v) is 9.39. The Labute approximate surface area is 172 Å². The monoisotopic (exact) mass is 438 g/mol. The molecule has 0 aliphatic heterocycles. The predicted octanol–water partition coefficient (Wildman–Crippen LogP) is 4.80. The van der Waals surface area contributed by atoms with Gasteiger partial charge in [-0.1, -0.05) is 46.3 Å². The summed E-state index contributed by atoms with van der Waals surface area (Å²) in [7, 11) is 1.61. The third-order valence-electron chi connectivity index (χ3n) is 3.92. The number of hydrogen-bond acceptors (Lipinski definition) is 4. The van der Waals surface area contributed by atoms with Crippen LogP contribution in [0.3, 0.4) is 0 Å². The van der Waals surface area contributed by atoms with E-state index in [0.717, 1.165) is 21.3 Å². The van der Waals surface area contributed by atoms with Crippen LogP contribution in [0.2, 0.25) is 0 Å². The first-order chi connectivity index (χ1) is 13.7. The summed E-state index contributed by atoms with van der Waals surface area (Å²) in [6.45, 7) is 0.373. The molecule has 0 aromatic heterocycles. The van der Waals surface area contributed by atoms with Crippen LogP contribution in [-0.4, -0.2) is 19.2 Å². The molecule has 5 nitrogen and oxygen atoms in total. The highest BCUT2D eigenvalue weighted by Gasteiger charge is 2.13. The average molecular weight is 439 g/mol. The van der Waals surface area contributed by atoms with Crippen molar-refractivity contribution in [3.05, 3.63) is 94.0 Å². The van der Waals surface area contributed by atoms with Gasteiger partial charge in [0.05, 0.1) is 18.9 Å². The maximum absolute atomic E-state index is 12.6. The Morgan fingerprint density at radius 1 is 1.07 bits per heavy atom. The highest BCUT2D eigenvalue weighted by molar-refractivity contribution is 9.10. The average Bonchev–Trinajstić information content (AvgIpc) is 2.74. The number of rotatable bonds is 7. The number of carbonyl (C=O) groups is 1. The largest absolute Gasteiger partial charge is 0.497 e. The van der Waals surface area contributed by atoms with Gasteiger partial charge >= 0.3 is 0 Å². The third kappa shape index (κ3) is 5.44. The Hall–Kier alpha value is -3.12. The quantitative estimate of drug-likeness (QED) is 0.425. The van der Waals surface area contributed by atoms with Crippen molar-refractivity contribution in [2.45, 2.75) is 6.61 Å². The molecule has 0 heterocycles. The van der Waals surface area contributed by atoms with Crippen molar-refractivity contribution in [1.29, 1.82) is 0 Å². The van der Waals surface area contributed by atoms with Gasteiger partial charge in [-0.3, -0.25) is 4.79 Å². The van der Waals surface area contributed by atoms with E-state index in [1.54, 1.807) is 25.5 Å². The van der Waals surface area contributed by atoms with E-state index >= 15 is 0 Å². The van der Waals surface area contributed by atoms with Crippen molar-refractivity contribution >= 4 is 28.1 Å². The maximum atomic E-state index is 12.6. The number of halogens is 1. The summed E-state index contributed by atoms with van der Waals surface area (Å²) >= 11 is 3.39. The minimum absolute atomic E-state index is 0.353. The Balaban J connectivity index is 1.67. The van der Waals surface area contributed by atoms with Gasteiger partial charge in [0.15, 0.2) is 0 Å². The third-order valence-corrected chi connectivity index (χ3v) is 4.41. The zero-order valence-electron chi connectivity index (χ0n) is 15.3. The molecule has 0 spiro atoms. The first-order valence-electron chi connectivity index (χ1n) is 8.59. The molecule has 1 N–H and O–H groups in total. The molecule has 0 fully saturated rings. The van der Waals surface area contributed by atoms with E-state index in [-0.39, 0.29) is 5.91 Å². The highest BCUT2D eigenvalue weighted by Crippen LogP contribution is 2.24. The smallest absolute Gasteiger partial charge is 0.275 e. The van der Waals surface area contributed by atoms with Crippen molar-refractivity contribution in [2.24, 2.45) is 5.10 Å². The standard InChI is InChI=1S/C22H19BrN2O3/c1-27-19-10-7-16(8-11-19)14-24-25-22(26)20-13-18(23)9-12-21(20)28-15-17-5-3-2-4-6-17/h2-14H,15H2,1H3,(H,25,26)/b24-14+. The van der Waals surface area contributed by atoms with Crippen molar-refractivity contribution in [1.82, 2.24) is 5.43 Å². The molecule has 0 saturated heterocycles. The number of hydrazone groups is 1. The van der Waals surface area contributed by atoms with Crippen LogP contribution >= 0.6 is 15.9 Å². The van der Waals surface area contributed by atoms with E-state index in [1.165, 1.54) is 0 Å². The number of nitrogens with one attached hydrogen (secondary N) is 1. The molecule has 0 bridgehead atoms. The Morgan fingerprint density at radius 3 is 2.54 bits per heavy atom. The SMILES string of the molecule is COc1ccc(/C=N/NC(=O)c2cc(Br)ccc2OCc2ccccc2)cc1. The fraction of sp³-hybridized carbons (Fsp3) is 0.0909. The Kier molecular flexibility index (Phi) is 6.81. The molecule has 0 saturated carbocycles. The minimum Gasteiger partial charge on any atom is -0.497 e. The lowest BCUT2D eigenvalue weighted by atomic mass is 10.2. The molecule has 0 aliphatic carbocycles. The molecule has 0 aliphatic rings. The van der Waals surface area contributed by atoms with Gasteiger partial charge in [0.1, 0.15) is 18.1 Å². The fourth-order valence-electron chi connectivity index (χ4n) is 2.46. The van der Waals surface area contributed by atoms with E-state index < -0.39 is 0 Å². The lowest BCUT2D eigenvalue weighted by molar-refractivity contribution is 0.0950. The molecule has 6 heteroatoms. The molecule has 3 rings (SSSR count). The Morgan fingerprint density at radius 2 is 1.82 bits per heavy atom. The normalized spacial score (nSPS) is 10.6. The van der Waals surface area contributed by atoms with Crippen molar-refractivity contribution in [2.75, 3.05) is 7.11 Å². The number of nitrogens with zero attached hydrogens (tertiary/aromatic N) is 1. The van der Waals surface area contributed by atoms with Crippen LogP contribution < -0.4 is 14.9 Å². The molecule has 0 radical (unpaired) electrons. The van der Waals surface area contributed by atoms with E-state index in [9.17, 15) is 4.79 Å². The summed E-state index contributed by atoms with van der Waals surface area (Å²) in [6, 6.07) is 22.4. The van der Waals surface area contributed by atoms with Crippen molar-refractivity contribution < 1.29 is 14.3 Å². The second-order valence-electron chi connectivity index (χ2n) is 5.89. The van der Waals surface area contributed by atoms with E-state index in [4.69, 9.17) is 9.47 Å². The fourth-order valence-corrected chi connectivity index (χ4v) is 2.82. The van der Waals surface area contributed by atoms with E-state index in [1.807, 2.05) is 60.7 Å². The first kappa shape index (κ1) is 19.6. The molecule has 1 amide bonds. The molecule has 28 heavy (non-hydrogen) atoms. The summed E-state index contributed by atoms with van der Waals surface area (Å²) in [5.74, 6) is 0.897. The van der Waals surface area contributed by atoms with Gasteiger partial charge < -0.3 is 9.47 Å². The van der Waals surface area contributed by atoms with Gasteiger partial charge in [-0.05, 0) is 53.6 Å². The molecule has 142 valence electrons. The summed E-state index contributed by atoms with van der Waals surface area (Å²) in [4.78, 5) is 12.6. The van der Waals surface area contributed by atoms with Gasteiger partial charge in [0.25, 0.3) is 5.91 Å². The number of ether oxygens (including phenoxy) is 2. The zero-order chi connectivity index (χ0) is 19.8. The zero-order valence-corrected chi connectivity index (χ0v) is 16.8. The van der Waals surface area contributed by atoms with Gasteiger partial charge in [0.2, 0.25) is 0 Å². The maximum Gasteiger partial charge on any atom is 0.275 e. The molecule has 3 aromatic carbocycles. The number of benzene rings is 3. The molecule has 0 unspecified atom stereocenters. The number of methoxy groups -OCH3 is 1. The van der Waals surface area contributed by atoms with E-state index in [0.29, 0.717) is 17.9 Å². The van der Waals surface area contributed by atoms with Crippen LogP contribution in [0.25, 0.3) is 0 Å². The molecular formula is C22H19BrN2O3. The van der Waals surface area contributed by atoms with E-state index in [2.05, 4.69) is 26.5 Å². The van der Waals surface area contributed by atoms with Crippen LogP contribution in [0.4, 0.5) is 0 Å². The minimum atomic E-state index is -0.353. The van der Waals surface area contributed by atoms with Crippen LogP contribution in [0.15, 0.2) is 82.4 Å². The molecule has 3 aromatic rings.